The number of ether oxygens (including phenoxy) is 1. The van der Waals surface area contributed by atoms with Crippen LogP contribution < -0.4 is 9.64 Å². The first-order chi connectivity index (χ1) is 13.4. The van der Waals surface area contributed by atoms with E-state index in [4.69, 9.17) is 4.74 Å². The van der Waals surface area contributed by atoms with Gasteiger partial charge in [-0.15, -0.1) is 0 Å². The number of nitrogens with zero attached hydrogens (tertiary/aromatic N) is 3. The highest BCUT2D eigenvalue weighted by molar-refractivity contribution is 7.22. The van der Waals surface area contributed by atoms with Gasteiger partial charge in [0, 0.05) is 13.1 Å². The monoisotopic (exact) mass is 405 g/mol. The van der Waals surface area contributed by atoms with E-state index in [2.05, 4.69) is 4.98 Å². The summed E-state index contributed by atoms with van der Waals surface area (Å²) in [6.07, 6.45) is 0. The van der Waals surface area contributed by atoms with E-state index in [-0.39, 0.29) is 6.54 Å². The van der Waals surface area contributed by atoms with Gasteiger partial charge in [-0.1, -0.05) is 23.5 Å². The lowest BCUT2D eigenvalue weighted by atomic mass is 10.1. The van der Waals surface area contributed by atoms with E-state index in [0.29, 0.717) is 29.5 Å². The van der Waals surface area contributed by atoms with Crippen LogP contribution in [0.1, 0.15) is 17.3 Å². The van der Waals surface area contributed by atoms with Crippen molar-refractivity contribution in [2.75, 3.05) is 38.7 Å². The summed E-state index contributed by atoms with van der Waals surface area (Å²) in [7, 11) is 3.72. The molecule has 1 amide bonds. The van der Waals surface area contributed by atoms with Crippen molar-refractivity contribution in [1.82, 2.24) is 9.88 Å². The van der Waals surface area contributed by atoms with Crippen molar-refractivity contribution < 1.29 is 18.3 Å². The standard InChI is InChI=1S/C20H21F2N3O2S/c1-4-27-15-9-6-10-16-18(15)23-20(28-16)25(12-11-24(2)3)19(26)17-13(21)7-5-8-14(17)22/h5-10H,4,11-12H2,1-3H3. The minimum Gasteiger partial charge on any atom is -0.492 e. The van der Waals surface area contributed by atoms with Crippen molar-refractivity contribution >= 4 is 32.6 Å². The van der Waals surface area contributed by atoms with E-state index >= 15 is 0 Å². The van der Waals surface area contributed by atoms with Gasteiger partial charge >= 0.3 is 0 Å². The van der Waals surface area contributed by atoms with Crippen LogP contribution in [-0.2, 0) is 0 Å². The molecule has 0 unspecified atom stereocenters. The summed E-state index contributed by atoms with van der Waals surface area (Å²) in [5, 5.41) is 0.372. The number of fused-ring (bicyclic) bond motifs is 1. The molecule has 0 aliphatic rings. The number of halogens is 2. The van der Waals surface area contributed by atoms with Crippen LogP contribution in [-0.4, -0.2) is 49.6 Å². The number of amides is 1. The summed E-state index contributed by atoms with van der Waals surface area (Å²) in [5.41, 5.74) is 0.0477. The Morgan fingerprint density at radius 1 is 1.11 bits per heavy atom. The van der Waals surface area contributed by atoms with Crippen LogP contribution >= 0.6 is 11.3 Å². The molecule has 2 aromatic carbocycles. The van der Waals surface area contributed by atoms with E-state index in [9.17, 15) is 13.6 Å². The van der Waals surface area contributed by atoms with E-state index in [1.807, 2.05) is 38.1 Å². The molecular weight excluding hydrogens is 384 g/mol. The highest BCUT2D eigenvalue weighted by Gasteiger charge is 2.27. The van der Waals surface area contributed by atoms with Crippen LogP contribution in [0.25, 0.3) is 10.2 Å². The van der Waals surface area contributed by atoms with Crippen LogP contribution in [0.2, 0.25) is 0 Å². The maximum atomic E-state index is 14.2. The molecule has 1 aromatic heterocycles. The fraction of sp³-hybridized carbons (Fsp3) is 0.300. The molecule has 5 nitrogen and oxygen atoms in total. The molecule has 0 saturated carbocycles. The number of hydrogen-bond donors (Lipinski definition) is 0. The topological polar surface area (TPSA) is 45.7 Å². The first kappa shape index (κ1) is 20.2. The van der Waals surface area contributed by atoms with Crippen LogP contribution in [0.5, 0.6) is 5.75 Å². The number of likely N-dealkylation sites (N-methyl/N-ethyl adjacent to an activating group) is 1. The molecule has 0 spiro atoms. The lowest BCUT2D eigenvalue weighted by molar-refractivity contribution is 0.0977. The Labute approximate surface area is 166 Å². The molecule has 148 valence electrons. The van der Waals surface area contributed by atoms with Crippen LogP contribution in [0, 0.1) is 11.6 Å². The fourth-order valence-electron chi connectivity index (χ4n) is 2.72. The summed E-state index contributed by atoms with van der Waals surface area (Å²) >= 11 is 1.28. The molecule has 0 aliphatic heterocycles. The maximum Gasteiger partial charge on any atom is 0.266 e. The highest BCUT2D eigenvalue weighted by Crippen LogP contribution is 2.35. The second kappa shape index (κ2) is 8.62. The molecule has 0 aliphatic carbocycles. The number of carbonyl (C=O) groups is 1. The van der Waals surface area contributed by atoms with Gasteiger partial charge in [0.05, 0.1) is 11.3 Å². The normalized spacial score (nSPS) is 11.2. The molecule has 0 saturated heterocycles. The fourth-order valence-corrected chi connectivity index (χ4v) is 3.73. The Morgan fingerprint density at radius 3 is 2.43 bits per heavy atom. The predicted molar refractivity (Wildman–Crippen MR) is 107 cm³/mol. The maximum absolute atomic E-state index is 14.2. The van der Waals surface area contributed by atoms with Crippen molar-refractivity contribution in [3.8, 4) is 5.75 Å². The van der Waals surface area contributed by atoms with E-state index < -0.39 is 23.1 Å². The van der Waals surface area contributed by atoms with Gasteiger partial charge in [-0.25, -0.2) is 13.8 Å². The molecular formula is C20H21F2N3O2S. The smallest absolute Gasteiger partial charge is 0.266 e. The zero-order valence-corrected chi connectivity index (χ0v) is 16.7. The van der Waals surface area contributed by atoms with E-state index in [0.717, 1.165) is 16.8 Å². The first-order valence-corrected chi connectivity index (χ1v) is 9.67. The zero-order chi connectivity index (χ0) is 20.3. The molecule has 8 heteroatoms. The van der Waals surface area contributed by atoms with Crippen molar-refractivity contribution in [2.24, 2.45) is 0 Å². The summed E-state index contributed by atoms with van der Waals surface area (Å²) in [6, 6.07) is 8.91. The van der Waals surface area contributed by atoms with Crippen molar-refractivity contribution in [3.05, 3.63) is 53.6 Å². The van der Waals surface area contributed by atoms with E-state index in [1.54, 1.807) is 6.07 Å². The predicted octanol–water partition coefficient (Wildman–Crippen LogP) is 4.18. The Balaban J connectivity index is 2.06. The Morgan fingerprint density at radius 2 is 1.79 bits per heavy atom. The lowest BCUT2D eigenvalue weighted by Crippen LogP contribution is -2.37. The van der Waals surface area contributed by atoms with Crippen LogP contribution in [0.15, 0.2) is 36.4 Å². The number of rotatable bonds is 7. The van der Waals surface area contributed by atoms with Crippen LogP contribution in [0.3, 0.4) is 0 Å². The summed E-state index contributed by atoms with van der Waals surface area (Å²) in [4.78, 5) is 20.8. The van der Waals surface area contributed by atoms with Gasteiger partial charge in [0.25, 0.3) is 5.91 Å². The number of thiazole rings is 1. The third kappa shape index (κ3) is 4.13. The molecule has 0 fully saturated rings. The molecule has 0 radical (unpaired) electrons. The minimum absolute atomic E-state index is 0.239. The SMILES string of the molecule is CCOc1cccc2sc(N(CCN(C)C)C(=O)c3c(F)cccc3F)nc12. The number of hydrogen-bond acceptors (Lipinski definition) is 5. The van der Waals surface area contributed by atoms with Gasteiger partial charge in [0.15, 0.2) is 5.13 Å². The molecule has 0 N–H and O–H groups in total. The molecule has 0 atom stereocenters. The average molecular weight is 405 g/mol. The number of aromatic nitrogens is 1. The highest BCUT2D eigenvalue weighted by atomic mass is 32.1. The van der Waals surface area contributed by atoms with Crippen molar-refractivity contribution in [3.63, 3.8) is 0 Å². The Kier molecular flexibility index (Phi) is 6.21. The minimum atomic E-state index is -0.893. The number of carbonyl (C=O) groups excluding carboxylic acids is 1. The van der Waals surface area contributed by atoms with Gasteiger partial charge in [-0.3, -0.25) is 9.69 Å². The number of benzene rings is 2. The number of anilines is 1. The van der Waals surface area contributed by atoms with Crippen molar-refractivity contribution in [1.29, 1.82) is 0 Å². The second-order valence-corrected chi connectivity index (χ2v) is 7.40. The third-order valence-corrected chi connectivity index (χ3v) is 5.14. The Bertz CT molecular complexity index is 970. The average Bonchev–Trinajstić information content (AvgIpc) is 3.06. The Hall–Kier alpha value is -2.58. The molecule has 0 bridgehead atoms. The molecule has 3 rings (SSSR count). The molecule has 28 heavy (non-hydrogen) atoms. The largest absolute Gasteiger partial charge is 0.492 e. The van der Waals surface area contributed by atoms with Gasteiger partial charge in [0.1, 0.15) is 28.5 Å². The molecule has 1 heterocycles. The quantitative estimate of drug-likeness (QED) is 0.592. The van der Waals surface area contributed by atoms with Gasteiger partial charge in [-0.2, -0.15) is 0 Å². The second-order valence-electron chi connectivity index (χ2n) is 6.39. The summed E-state index contributed by atoms with van der Waals surface area (Å²) in [5.74, 6) is -1.93. The number of para-hydroxylation sites is 1. The first-order valence-electron chi connectivity index (χ1n) is 8.85. The van der Waals surface area contributed by atoms with Crippen LogP contribution in [0.4, 0.5) is 13.9 Å². The molecule has 3 aromatic rings. The van der Waals surface area contributed by atoms with Gasteiger partial charge < -0.3 is 9.64 Å². The lowest BCUT2D eigenvalue weighted by Gasteiger charge is -2.22. The van der Waals surface area contributed by atoms with E-state index in [1.165, 1.54) is 22.3 Å². The van der Waals surface area contributed by atoms with Gasteiger partial charge in [0.2, 0.25) is 0 Å². The third-order valence-electron chi connectivity index (χ3n) is 4.09. The summed E-state index contributed by atoms with van der Waals surface area (Å²) in [6.45, 7) is 3.11. The van der Waals surface area contributed by atoms with Crippen molar-refractivity contribution in [2.45, 2.75) is 6.92 Å². The zero-order valence-electron chi connectivity index (χ0n) is 15.9. The summed E-state index contributed by atoms with van der Waals surface area (Å²) < 4.78 is 34.9. The van der Waals surface area contributed by atoms with Gasteiger partial charge in [-0.05, 0) is 45.3 Å².